The number of nitrogens with zero attached hydrogens (tertiary/aromatic N) is 3. The predicted octanol–water partition coefficient (Wildman–Crippen LogP) is 3.02. The molecule has 3 rings (SSSR count). The minimum atomic E-state index is -0.107. The van der Waals surface area contributed by atoms with Crippen molar-refractivity contribution in [1.29, 1.82) is 0 Å². The van der Waals surface area contributed by atoms with Crippen LogP contribution >= 0.6 is 15.9 Å². The average Bonchev–Trinajstić information content (AvgIpc) is 2.68. The molecule has 0 radical (unpaired) electrons. The van der Waals surface area contributed by atoms with Crippen molar-refractivity contribution in [3.8, 4) is 0 Å². The quantitative estimate of drug-likeness (QED) is 0.810. The van der Waals surface area contributed by atoms with Gasteiger partial charge in [0.15, 0.2) is 0 Å². The fourth-order valence-corrected chi connectivity index (χ4v) is 3.13. The summed E-state index contributed by atoms with van der Waals surface area (Å²) in [6, 6.07) is 11.8. The van der Waals surface area contributed by atoms with E-state index in [1.165, 1.54) is 0 Å². The van der Waals surface area contributed by atoms with Gasteiger partial charge in [-0.2, -0.15) is 0 Å². The van der Waals surface area contributed by atoms with Crippen LogP contribution in [0.1, 0.15) is 11.1 Å². The summed E-state index contributed by atoms with van der Waals surface area (Å²) in [6.45, 7) is 4.06. The number of halogens is 1. The Balaban J connectivity index is 1.58. The van der Waals surface area contributed by atoms with Gasteiger partial charge in [-0.1, -0.05) is 34.1 Å². The zero-order valence-corrected chi connectivity index (χ0v) is 16.4. The number of hydrogen-bond acceptors (Lipinski definition) is 4. The van der Waals surface area contributed by atoms with Crippen LogP contribution in [0.3, 0.4) is 0 Å². The summed E-state index contributed by atoms with van der Waals surface area (Å²) in [4.78, 5) is 20.8. The van der Waals surface area contributed by atoms with Crippen molar-refractivity contribution in [3.05, 3.63) is 58.2 Å². The van der Waals surface area contributed by atoms with Crippen LogP contribution in [0.2, 0.25) is 0 Å². The first-order chi connectivity index (χ1) is 12.6. The van der Waals surface area contributed by atoms with Gasteiger partial charge in [0.25, 0.3) is 0 Å². The first-order valence-electron chi connectivity index (χ1n) is 8.63. The van der Waals surface area contributed by atoms with Gasteiger partial charge in [0.1, 0.15) is 5.82 Å². The maximum Gasteiger partial charge on any atom is 0.317 e. The number of urea groups is 1. The Kier molecular flexibility index (Phi) is 6.46. The summed E-state index contributed by atoms with van der Waals surface area (Å²) >= 11 is 3.42. The molecule has 1 N–H and O–H groups in total. The van der Waals surface area contributed by atoms with Gasteiger partial charge < -0.3 is 19.9 Å². The van der Waals surface area contributed by atoms with E-state index in [2.05, 4.69) is 31.1 Å². The van der Waals surface area contributed by atoms with Crippen molar-refractivity contribution in [3.63, 3.8) is 0 Å². The van der Waals surface area contributed by atoms with Crippen LogP contribution in [-0.2, 0) is 17.8 Å². The van der Waals surface area contributed by atoms with Crippen molar-refractivity contribution >= 4 is 27.8 Å². The molecule has 26 heavy (non-hydrogen) atoms. The smallest absolute Gasteiger partial charge is 0.317 e. The highest BCUT2D eigenvalue weighted by Gasteiger charge is 2.16. The highest BCUT2D eigenvalue weighted by Crippen LogP contribution is 2.18. The zero-order valence-electron chi connectivity index (χ0n) is 14.8. The molecule has 1 aromatic carbocycles. The SMILES string of the molecule is CN(Cc1ccc(Br)cc1)C(=O)NCc1cccnc1N1CCOCC1. The molecule has 1 fully saturated rings. The molecule has 1 aliphatic rings. The molecule has 1 aliphatic heterocycles. The summed E-state index contributed by atoms with van der Waals surface area (Å²) in [5, 5.41) is 2.99. The number of hydrogen-bond donors (Lipinski definition) is 1. The molecular weight excluding hydrogens is 396 g/mol. The second-order valence-electron chi connectivity index (χ2n) is 6.23. The molecule has 1 aromatic heterocycles. The highest BCUT2D eigenvalue weighted by atomic mass is 79.9. The van der Waals surface area contributed by atoms with Gasteiger partial charge in [-0.15, -0.1) is 0 Å². The number of aromatic nitrogens is 1. The van der Waals surface area contributed by atoms with E-state index in [9.17, 15) is 4.79 Å². The minimum Gasteiger partial charge on any atom is -0.378 e. The first-order valence-corrected chi connectivity index (χ1v) is 9.43. The minimum absolute atomic E-state index is 0.107. The molecule has 0 bridgehead atoms. The second kappa shape index (κ2) is 9.00. The molecule has 2 amide bonds. The fraction of sp³-hybridized carbons (Fsp3) is 0.368. The number of nitrogens with one attached hydrogen (secondary N) is 1. The van der Waals surface area contributed by atoms with Crippen LogP contribution in [0.5, 0.6) is 0 Å². The van der Waals surface area contributed by atoms with E-state index < -0.39 is 0 Å². The molecular formula is C19H23BrN4O2. The van der Waals surface area contributed by atoms with Gasteiger partial charge in [0.2, 0.25) is 0 Å². The Bertz CT molecular complexity index is 733. The molecule has 2 aromatic rings. The van der Waals surface area contributed by atoms with Gasteiger partial charge in [-0.3, -0.25) is 0 Å². The molecule has 6 nitrogen and oxygen atoms in total. The van der Waals surface area contributed by atoms with Crippen molar-refractivity contribution in [2.24, 2.45) is 0 Å². The fourth-order valence-electron chi connectivity index (χ4n) is 2.87. The van der Waals surface area contributed by atoms with Gasteiger partial charge in [0.05, 0.1) is 13.2 Å². The molecule has 2 heterocycles. The van der Waals surface area contributed by atoms with E-state index in [-0.39, 0.29) is 6.03 Å². The van der Waals surface area contributed by atoms with Crippen molar-refractivity contribution in [2.45, 2.75) is 13.1 Å². The van der Waals surface area contributed by atoms with E-state index in [0.717, 1.165) is 34.5 Å². The average molecular weight is 419 g/mol. The number of carbonyl (C=O) groups is 1. The van der Waals surface area contributed by atoms with E-state index in [4.69, 9.17) is 4.74 Å². The Labute approximate surface area is 162 Å². The number of rotatable bonds is 5. The lowest BCUT2D eigenvalue weighted by molar-refractivity contribution is 0.122. The number of ether oxygens (including phenoxy) is 1. The summed E-state index contributed by atoms with van der Waals surface area (Å²) in [5.74, 6) is 0.923. The molecule has 0 atom stereocenters. The topological polar surface area (TPSA) is 57.7 Å². The maximum atomic E-state index is 12.4. The normalized spacial score (nSPS) is 14.2. The third-order valence-electron chi connectivity index (χ3n) is 4.29. The number of carbonyl (C=O) groups excluding carboxylic acids is 1. The third kappa shape index (κ3) is 4.95. The Morgan fingerprint density at radius 1 is 1.27 bits per heavy atom. The molecule has 138 valence electrons. The van der Waals surface area contributed by atoms with Gasteiger partial charge in [0, 0.05) is 49.5 Å². The summed E-state index contributed by atoms with van der Waals surface area (Å²) < 4.78 is 6.43. The van der Waals surface area contributed by atoms with E-state index in [1.54, 1.807) is 18.1 Å². The lowest BCUT2D eigenvalue weighted by atomic mass is 10.2. The molecule has 0 saturated carbocycles. The molecule has 0 unspecified atom stereocenters. The van der Waals surface area contributed by atoms with Crippen LogP contribution < -0.4 is 10.2 Å². The molecule has 0 aliphatic carbocycles. The van der Waals surface area contributed by atoms with Gasteiger partial charge >= 0.3 is 6.03 Å². The van der Waals surface area contributed by atoms with Crippen LogP contribution in [0.4, 0.5) is 10.6 Å². The van der Waals surface area contributed by atoms with Crippen molar-refractivity contribution in [1.82, 2.24) is 15.2 Å². The van der Waals surface area contributed by atoms with Gasteiger partial charge in [-0.25, -0.2) is 9.78 Å². The number of anilines is 1. The predicted molar refractivity (Wildman–Crippen MR) is 105 cm³/mol. The first kappa shape index (κ1) is 18.7. The maximum absolute atomic E-state index is 12.4. The second-order valence-corrected chi connectivity index (χ2v) is 7.14. The third-order valence-corrected chi connectivity index (χ3v) is 4.82. The van der Waals surface area contributed by atoms with Crippen LogP contribution in [0.15, 0.2) is 47.1 Å². The number of pyridine rings is 1. The highest BCUT2D eigenvalue weighted by molar-refractivity contribution is 9.10. The molecule has 7 heteroatoms. The van der Waals surface area contributed by atoms with Crippen molar-refractivity contribution in [2.75, 3.05) is 38.3 Å². The summed E-state index contributed by atoms with van der Waals surface area (Å²) in [5.41, 5.74) is 2.10. The Hall–Kier alpha value is -2.12. The van der Waals surface area contributed by atoms with Crippen LogP contribution in [0, 0.1) is 0 Å². The number of benzene rings is 1. The lowest BCUT2D eigenvalue weighted by Crippen LogP contribution is -2.39. The number of morpholine rings is 1. The Morgan fingerprint density at radius 3 is 2.73 bits per heavy atom. The summed E-state index contributed by atoms with van der Waals surface area (Å²) in [7, 11) is 1.80. The Morgan fingerprint density at radius 2 is 2.00 bits per heavy atom. The lowest BCUT2D eigenvalue weighted by Gasteiger charge is -2.29. The largest absolute Gasteiger partial charge is 0.378 e. The van der Waals surface area contributed by atoms with Crippen LogP contribution in [-0.4, -0.2) is 49.3 Å². The molecule has 0 spiro atoms. The van der Waals surface area contributed by atoms with E-state index in [0.29, 0.717) is 26.3 Å². The van der Waals surface area contributed by atoms with E-state index in [1.807, 2.05) is 36.4 Å². The number of amides is 2. The zero-order chi connectivity index (χ0) is 18.4. The summed E-state index contributed by atoms with van der Waals surface area (Å²) in [6.07, 6.45) is 1.79. The van der Waals surface area contributed by atoms with E-state index >= 15 is 0 Å². The monoisotopic (exact) mass is 418 g/mol. The van der Waals surface area contributed by atoms with Gasteiger partial charge in [-0.05, 0) is 23.8 Å². The van der Waals surface area contributed by atoms with Crippen molar-refractivity contribution < 1.29 is 9.53 Å². The van der Waals surface area contributed by atoms with Crippen LogP contribution in [0.25, 0.3) is 0 Å². The molecule has 1 saturated heterocycles. The standard InChI is InChI=1S/C19H23BrN4O2/c1-23(14-15-4-6-17(20)7-5-15)19(25)22-13-16-3-2-8-21-18(16)24-9-11-26-12-10-24/h2-8H,9-14H2,1H3,(H,22,25).